The van der Waals surface area contributed by atoms with Crippen molar-refractivity contribution in [2.45, 2.75) is 25.9 Å². The Morgan fingerprint density at radius 2 is 1.89 bits per heavy atom. The van der Waals surface area contributed by atoms with Gasteiger partial charge in [0.1, 0.15) is 11.9 Å². The summed E-state index contributed by atoms with van der Waals surface area (Å²) in [7, 11) is 0. The van der Waals surface area contributed by atoms with E-state index in [0.717, 1.165) is 42.7 Å². The minimum absolute atomic E-state index is 0.00383. The average molecular weight is 365 g/mol. The van der Waals surface area contributed by atoms with E-state index >= 15 is 0 Å². The molecule has 2 aliphatic rings. The Morgan fingerprint density at radius 3 is 2.70 bits per heavy atom. The third kappa shape index (κ3) is 3.47. The molecule has 0 aliphatic carbocycles. The van der Waals surface area contributed by atoms with Crippen LogP contribution in [0.5, 0.6) is 5.75 Å². The smallest absolute Gasteiger partial charge is 0.260 e. The molecule has 1 saturated heterocycles. The van der Waals surface area contributed by atoms with Gasteiger partial charge in [-0.15, -0.1) is 0 Å². The molecule has 4 rings (SSSR count). The molecule has 0 saturated carbocycles. The van der Waals surface area contributed by atoms with Crippen molar-refractivity contribution in [2.24, 2.45) is 0 Å². The molecule has 0 radical (unpaired) electrons. The van der Waals surface area contributed by atoms with Crippen molar-refractivity contribution < 1.29 is 14.3 Å². The Bertz CT molecular complexity index is 875. The normalized spacial score (nSPS) is 18.5. The molecular weight excluding hydrogens is 342 g/mol. The van der Waals surface area contributed by atoms with Gasteiger partial charge in [-0.25, -0.2) is 0 Å². The summed E-state index contributed by atoms with van der Waals surface area (Å²) in [5.41, 5.74) is 3.27. The predicted molar refractivity (Wildman–Crippen MR) is 103 cm³/mol. The number of carbonyl (C=O) groups is 2. The Hall–Kier alpha value is -3.02. The number of carbonyl (C=O) groups excluding carboxylic acids is 2. The van der Waals surface area contributed by atoms with Crippen LogP contribution < -0.4 is 15.4 Å². The molecule has 1 atom stereocenters. The third-order valence-corrected chi connectivity index (χ3v) is 5.12. The topological polar surface area (TPSA) is 70.7 Å². The first-order valence-corrected chi connectivity index (χ1v) is 9.30. The molecule has 6 nitrogen and oxygen atoms in total. The summed E-state index contributed by atoms with van der Waals surface area (Å²) < 4.78 is 5.84. The maximum Gasteiger partial charge on any atom is 0.260 e. The highest BCUT2D eigenvalue weighted by atomic mass is 16.5. The molecule has 2 aromatic carbocycles. The molecule has 0 unspecified atom stereocenters. The number of benzene rings is 2. The van der Waals surface area contributed by atoms with Gasteiger partial charge in [-0.1, -0.05) is 30.3 Å². The number of nitrogens with zero attached hydrogens (tertiary/aromatic N) is 1. The zero-order chi connectivity index (χ0) is 18.8. The highest BCUT2D eigenvalue weighted by Gasteiger charge is 2.27. The quantitative estimate of drug-likeness (QED) is 0.874. The van der Waals surface area contributed by atoms with Gasteiger partial charge in [0.2, 0.25) is 0 Å². The van der Waals surface area contributed by atoms with Crippen LogP contribution in [-0.2, 0) is 4.79 Å². The van der Waals surface area contributed by atoms with E-state index in [-0.39, 0.29) is 18.4 Å². The molecule has 6 heteroatoms. The molecule has 0 aromatic heterocycles. The maximum absolute atomic E-state index is 12.5. The number of likely N-dealkylation sites (tertiary alicyclic amines) is 1. The number of amides is 2. The van der Waals surface area contributed by atoms with Crippen LogP contribution in [0.2, 0.25) is 0 Å². The van der Waals surface area contributed by atoms with Gasteiger partial charge in [0, 0.05) is 18.7 Å². The van der Waals surface area contributed by atoms with Crippen molar-refractivity contribution in [3.8, 4) is 5.75 Å². The Kier molecular flexibility index (Phi) is 4.71. The minimum Gasteiger partial charge on any atom is -0.483 e. The second kappa shape index (κ2) is 7.31. The summed E-state index contributed by atoms with van der Waals surface area (Å²) in [4.78, 5) is 26.6. The van der Waals surface area contributed by atoms with Gasteiger partial charge in [0.25, 0.3) is 11.8 Å². The highest BCUT2D eigenvalue weighted by molar-refractivity contribution is 6.02. The number of hydrogen-bond donors (Lipinski definition) is 2. The van der Waals surface area contributed by atoms with Crippen LogP contribution in [0, 0.1) is 6.92 Å². The fourth-order valence-corrected chi connectivity index (χ4v) is 3.64. The summed E-state index contributed by atoms with van der Waals surface area (Å²) in [5, 5.41) is 6.36. The molecule has 140 valence electrons. The van der Waals surface area contributed by atoms with Crippen LogP contribution in [0.3, 0.4) is 0 Å². The zero-order valence-corrected chi connectivity index (χ0v) is 15.3. The first-order valence-electron chi connectivity index (χ1n) is 9.30. The van der Waals surface area contributed by atoms with Gasteiger partial charge in [-0.05, 0) is 37.5 Å². The van der Waals surface area contributed by atoms with Gasteiger partial charge in [-0.3, -0.25) is 9.59 Å². The molecule has 27 heavy (non-hydrogen) atoms. The van der Waals surface area contributed by atoms with E-state index in [9.17, 15) is 9.59 Å². The molecule has 2 aromatic rings. The molecule has 0 spiro atoms. The van der Waals surface area contributed by atoms with Crippen molar-refractivity contribution in [1.82, 2.24) is 10.2 Å². The van der Waals surface area contributed by atoms with Crippen molar-refractivity contribution in [2.75, 3.05) is 25.0 Å². The lowest BCUT2D eigenvalue weighted by atomic mass is 10.0. The zero-order valence-electron chi connectivity index (χ0n) is 15.3. The number of aryl methyl sites for hydroxylation is 1. The van der Waals surface area contributed by atoms with Crippen LogP contribution in [0.25, 0.3) is 0 Å². The van der Waals surface area contributed by atoms with Crippen LogP contribution in [0.1, 0.15) is 40.5 Å². The number of ether oxygens (including phenoxy) is 1. The SMILES string of the molecule is Cc1cccc2c1N[C@@H](c1ccccc1OCC(=O)N1CCCC1)NC2=O. The second-order valence-electron chi connectivity index (χ2n) is 6.96. The van der Waals surface area contributed by atoms with Crippen molar-refractivity contribution in [3.05, 3.63) is 59.2 Å². The Morgan fingerprint density at radius 1 is 1.11 bits per heavy atom. The molecule has 2 N–H and O–H groups in total. The summed E-state index contributed by atoms with van der Waals surface area (Å²) in [6.45, 7) is 3.59. The lowest BCUT2D eigenvalue weighted by Gasteiger charge is -2.30. The van der Waals surface area contributed by atoms with Crippen molar-refractivity contribution >= 4 is 17.5 Å². The lowest BCUT2D eigenvalue weighted by molar-refractivity contribution is -0.132. The average Bonchev–Trinajstić information content (AvgIpc) is 3.22. The van der Waals surface area contributed by atoms with Crippen LogP contribution >= 0.6 is 0 Å². The molecule has 1 fully saturated rings. The lowest BCUT2D eigenvalue weighted by Crippen LogP contribution is -2.39. The number of para-hydroxylation sites is 2. The third-order valence-electron chi connectivity index (χ3n) is 5.12. The largest absolute Gasteiger partial charge is 0.483 e. The van der Waals surface area contributed by atoms with E-state index in [1.165, 1.54) is 0 Å². The van der Waals surface area contributed by atoms with Gasteiger partial charge < -0.3 is 20.3 Å². The Labute approximate surface area is 158 Å². The molecule has 2 amide bonds. The maximum atomic E-state index is 12.5. The van der Waals surface area contributed by atoms with Crippen molar-refractivity contribution in [3.63, 3.8) is 0 Å². The van der Waals surface area contributed by atoms with Gasteiger partial charge in [-0.2, -0.15) is 0 Å². The number of rotatable bonds is 4. The van der Waals surface area contributed by atoms with E-state index < -0.39 is 6.17 Å². The van der Waals surface area contributed by atoms with Crippen LogP contribution in [-0.4, -0.2) is 36.4 Å². The fraction of sp³-hybridized carbons (Fsp3) is 0.333. The second-order valence-corrected chi connectivity index (χ2v) is 6.96. The number of anilines is 1. The first-order chi connectivity index (χ1) is 13.1. The van der Waals surface area contributed by atoms with Crippen LogP contribution in [0.15, 0.2) is 42.5 Å². The fourth-order valence-electron chi connectivity index (χ4n) is 3.64. The summed E-state index contributed by atoms with van der Waals surface area (Å²) >= 11 is 0. The summed E-state index contributed by atoms with van der Waals surface area (Å²) in [6, 6.07) is 13.1. The van der Waals surface area contributed by atoms with E-state index in [2.05, 4.69) is 10.6 Å². The standard InChI is InChI=1S/C21H23N3O3/c1-14-7-6-9-16-19(14)22-20(23-21(16)26)15-8-2-3-10-17(15)27-13-18(25)24-11-4-5-12-24/h2-3,6-10,20,22H,4-5,11-13H2,1H3,(H,23,26)/t20-/m1/s1. The van der Waals surface area contributed by atoms with E-state index in [1.54, 1.807) is 6.07 Å². The monoisotopic (exact) mass is 365 g/mol. The summed E-state index contributed by atoms with van der Waals surface area (Å²) in [5.74, 6) is 0.476. The van der Waals surface area contributed by atoms with Gasteiger partial charge >= 0.3 is 0 Å². The van der Waals surface area contributed by atoms with E-state index in [0.29, 0.717) is 11.3 Å². The predicted octanol–water partition coefficient (Wildman–Crippen LogP) is 2.85. The van der Waals surface area contributed by atoms with Gasteiger partial charge in [0.15, 0.2) is 6.61 Å². The number of nitrogens with one attached hydrogen (secondary N) is 2. The Balaban J connectivity index is 1.53. The minimum atomic E-state index is -0.413. The highest BCUT2D eigenvalue weighted by Crippen LogP contribution is 2.33. The van der Waals surface area contributed by atoms with E-state index in [1.807, 2.05) is 48.2 Å². The summed E-state index contributed by atoms with van der Waals surface area (Å²) in [6.07, 6.45) is 1.70. The molecule has 2 heterocycles. The van der Waals surface area contributed by atoms with E-state index in [4.69, 9.17) is 4.74 Å². The first kappa shape index (κ1) is 17.4. The molecule has 2 aliphatic heterocycles. The number of fused-ring (bicyclic) bond motifs is 1. The molecular formula is C21H23N3O3. The number of hydrogen-bond acceptors (Lipinski definition) is 4. The van der Waals surface area contributed by atoms with Crippen molar-refractivity contribution in [1.29, 1.82) is 0 Å². The van der Waals surface area contributed by atoms with Crippen LogP contribution in [0.4, 0.5) is 5.69 Å². The van der Waals surface area contributed by atoms with Gasteiger partial charge in [0.05, 0.1) is 11.3 Å². The molecule has 0 bridgehead atoms.